The number of hydrogen-bond donors (Lipinski definition) is 1. The van der Waals surface area contributed by atoms with Crippen molar-refractivity contribution in [2.45, 2.75) is 25.5 Å². The van der Waals surface area contributed by atoms with Crippen molar-refractivity contribution in [3.05, 3.63) is 5.82 Å². The van der Waals surface area contributed by atoms with Gasteiger partial charge in [-0.3, -0.25) is 0 Å². The van der Waals surface area contributed by atoms with E-state index in [4.69, 9.17) is 0 Å². The van der Waals surface area contributed by atoms with E-state index in [-0.39, 0.29) is 6.10 Å². The highest BCUT2D eigenvalue weighted by Crippen LogP contribution is 2.27. The zero-order valence-corrected chi connectivity index (χ0v) is 10.7. The Bertz CT molecular complexity index is 354. The smallest absolute Gasteiger partial charge is 0.205 e. The highest BCUT2D eigenvalue weighted by molar-refractivity contribution is 7.09. The van der Waals surface area contributed by atoms with Gasteiger partial charge in [0.05, 0.1) is 6.10 Å². The Morgan fingerprint density at radius 2 is 2.31 bits per heavy atom. The molecular formula is C10H18N4OS. The predicted octanol–water partition coefficient (Wildman–Crippen LogP) is 0.348. The number of β-amino-alcohol motifs (C(OH)–C–C–N with tert-alkyl or cyclic N) is 1. The molecule has 1 aromatic rings. The van der Waals surface area contributed by atoms with Crippen LogP contribution in [0.3, 0.4) is 0 Å². The Hall–Kier alpha value is -0.720. The first-order valence-corrected chi connectivity index (χ1v) is 6.23. The quantitative estimate of drug-likeness (QED) is 0.829. The summed E-state index contributed by atoms with van der Waals surface area (Å²) in [6.45, 7) is 3.51. The summed E-state index contributed by atoms with van der Waals surface area (Å²) in [4.78, 5) is 8.71. The minimum Gasteiger partial charge on any atom is -0.391 e. The lowest BCUT2D eigenvalue weighted by Gasteiger charge is -2.25. The maximum absolute atomic E-state index is 9.75. The normalized spacial score (nSPS) is 25.7. The van der Waals surface area contributed by atoms with Crippen LogP contribution in [0.1, 0.15) is 12.2 Å². The van der Waals surface area contributed by atoms with Crippen molar-refractivity contribution in [3.8, 4) is 0 Å². The van der Waals surface area contributed by atoms with Gasteiger partial charge in [-0.15, -0.1) is 0 Å². The van der Waals surface area contributed by atoms with Crippen LogP contribution in [0, 0.1) is 6.92 Å². The fourth-order valence-electron chi connectivity index (χ4n) is 2.12. The molecule has 2 atom stereocenters. The van der Waals surface area contributed by atoms with E-state index in [1.165, 1.54) is 11.5 Å². The number of rotatable bonds is 3. The number of likely N-dealkylation sites (N-methyl/N-ethyl adjacent to an activating group) is 1. The molecule has 0 aliphatic carbocycles. The van der Waals surface area contributed by atoms with Crippen LogP contribution >= 0.6 is 11.5 Å². The fraction of sp³-hybridized carbons (Fsp3) is 0.800. The molecule has 5 nitrogen and oxygen atoms in total. The van der Waals surface area contributed by atoms with Crippen molar-refractivity contribution in [2.75, 3.05) is 32.1 Å². The summed E-state index contributed by atoms with van der Waals surface area (Å²) >= 11 is 1.41. The molecule has 2 rings (SSSR count). The second kappa shape index (κ2) is 4.65. The summed E-state index contributed by atoms with van der Waals surface area (Å²) in [6.07, 6.45) is 0.575. The van der Waals surface area contributed by atoms with E-state index in [0.717, 1.165) is 23.9 Å². The van der Waals surface area contributed by atoms with Crippen LogP contribution in [0.25, 0.3) is 0 Å². The second-order valence-corrected chi connectivity index (χ2v) is 5.31. The summed E-state index contributed by atoms with van der Waals surface area (Å²) in [6, 6.07) is 0.345. The molecule has 1 aliphatic rings. The van der Waals surface area contributed by atoms with Gasteiger partial charge in [-0.25, -0.2) is 4.98 Å². The minimum absolute atomic E-state index is 0.242. The van der Waals surface area contributed by atoms with Gasteiger partial charge in [0.2, 0.25) is 5.13 Å². The third kappa shape index (κ3) is 2.50. The topological polar surface area (TPSA) is 52.5 Å². The Morgan fingerprint density at radius 3 is 2.88 bits per heavy atom. The number of nitrogens with zero attached hydrogens (tertiary/aromatic N) is 4. The fourth-order valence-corrected chi connectivity index (χ4v) is 2.88. The van der Waals surface area contributed by atoms with Crippen molar-refractivity contribution >= 4 is 16.7 Å². The molecule has 6 heteroatoms. The Balaban J connectivity index is 2.12. The molecular weight excluding hydrogens is 224 g/mol. The molecule has 1 aliphatic heterocycles. The summed E-state index contributed by atoms with van der Waals surface area (Å²) < 4.78 is 4.19. The average Bonchev–Trinajstić information content (AvgIpc) is 2.72. The van der Waals surface area contributed by atoms with Gasteiger partial charge in [0.15, 0.2) is 0 Å². The van der Waals surface area contributed by atoms with E-state index < -0.39 is 0 Å². The molecule has 16 heavy (non-hydrogen) atoms. The molecule has 0 amide bonds. The summed E-state index contributed by atoms with van der Waals surface area (Å²) in [7, 11) is 4.10. The second-order valence-electron chi connectivity index (χ2n) is 4.58. The molecule has 90 valence electrons. The molecule has 0 saturated carbocycles. The molecule has 0 radical (unpaired) electrons. The Morgan fingerprint density at radius 1 is 1.56 bits per heavy atom. The number of anilines is 1. The van der Waals surface area contributed by atoms with Crippen LogP contribution in [0.5, 0.6) is 0 Å². The third-order valence-electron chi connectivity index (χ3n) is 2.73. The molecule has 0 spiro atoms. The molecule has 2 unspecified atom stereocenters. The predicted molar refractivity (Wildman–Crippen MR) is 65.0 cm³/mol. The van der Waals surface area contributed by atoms with Crippen molar-refractivity contribution < 1.29 is 5.11 Å². The lowest BCUT2D eigenvalue weighted by molar-refractivity contribution is 0.191. The van der Waals surface area contributed by atoms with E-state index in [1.54, 1.807) is 0 Å². The van der Waals surface area contributed by atoms with Gasteiger partial charge in [0.25, 0.3) is 0 Å². The number of aryl methyl sites for hydroxylation is 1. The zero-order chi connectivity index (χ0) is 11.7. The van der Waals surface area contributed by atoms with Crippen LogP contribution in [0.2, 0.25) is 0 Å². The van der Waals surface area contributed by atoms with Gasteiger partial charge < -0.3 is 14.9 Å². The number of aliphatic hydroxyl groups is 1. The largest absolute Gasteiger partial charge is 0.391 e. The van der Waals surface area contributed by atoms with Crippen LogP contribution in [-0.2, 0) is 0 Å². The minimum atomic E-state index is -0.242. The summed E-state index contributed by atoms with van der Waals surface area (Å²) in [5.74, 6) is 0.810. The first kappa shape index (κ1) is 11.8. The van der Waals surface area contributed by atoms with Crippen molar-refractivity contribution in [2.24, 2.45) is 0 Å². The summed E-state index contributed by atoms with van der Waals surface area (Å²) in [5, 5.41) is 10.7. The maximum atomic E-state index is 9.75. The van der Waals surface area contributed by atoms with Crippen LogP contribution in [-0.4, -0.2) is 58.7 Å². The van der Waals surface area contributed by atoms with Crippen LogP contribution in [0.4, 0.5) is 5.13 Å². The molecule has 2 heterocycles. The number of aliphatic hydroxyl groups excluding tert-OH is 1. The molecule has 1 N–H and O–H groups in total. The molecule has 1 fully saturated rings. The van der Waals surface area contributed by atoms with Gasteiger partial charge in [-0.1, -0.05) is 0 Å². The van der Waals surface area contributed by atoms with Gasteiger partial charge >= 0.3 is 0 Å². The highest BCUT2D eigenvalue weighted by Gasteiger charge is 2.33. The van der Waals surface area contributed by atoms with E-state index in [9.17, 15) is 5.11 Å². The zero-order valence-electron chi connectivity index (χ0n) is 9.92. The van der Waals surface area contributed by atoms with E-state index in [1.807, 2.05) is 21.0 Å². The first-order valence-electron chi connectivity index (χ1n) is 5.46. The van der Waals surface area contributed by atoms with E-state index in [0.29, 0.717) is 12.6 Å². The lowest BCUT2D eigenvalue weighted by atomic mass is 10.2. The molecule has 0 aromatic carbocycles. The van der Waals surface area contributed by atoms with Gasteiger partial charge in [0, 0.05) is 30.7 Å². The van der Waals surface area contributed by atoms with Crippen molar-refractivity contribution in [3.63, 3.8) is 0 Å². The Labute approximate surface area is 99.9 Å². The lowest BCUT2D eigenvalue weighted by Crippen LogP contribution is -2.37. The first-order chi connectivity index (χ1) is 7.56. The molecule has 1 saturated heterocycles. The van der Waals surface area contributed by atoms with Crippen molar-refractivity contribution in [1.29, 1.82) is 0 Å². The van der Waals surface area contributed by atoms with Crippen LogP contribution in [0.15, 0.2) is 0 Å². The SMILES string of the molecule is Cc1nsc(N2CC(O)CC2CN(C)C)n1. The van der Waals surface area contributed by atoms with Crippen LogP contribution < -0.4 is 4.90 Å². The molecule has 0 bridgehead atoms. The average molecular weight is 242 g/mol. The van der Waals surface area contributed by atoms with E-state index in [2.05, 4.69) is 19.2 Å². The van der Waals surface area contributed by atoms with Gasteiger partial charge in [0.1, 0.15) is 5.82 Å². The van der Waals surface area contributed by atoms with Gasteiger partial charge in [-0.2, -0.15) is 4.37 Å². The summed E-state index contributed by atoms with van der Waals surface area (Å²) in [5.41, 5.74) is 0. The molecule has 1 aromatic heterocycles. The standard InChI is InChI=1S/C10H18N4OS/c1-7-11-10(16-12-7)14-6-9(15)4-8(14)5-13(2)3/h8-9,15H,4-6H2,1-3H3. The third-order valence-corrected chi connectivity index (χ3v) is 3.58. The highest BCUT2D eigenvalue weighted by atomic mass is 32.1. The Kier molecular flexibility index (Phi) is 3.41. The monoisotopic (exact) mass is 242 g/mol. The van der Waals surface area contributed by atoms with E-state index >= 15 is 0 Å². The maximum Gasteiger partial charge on any atom is 0.205 e. The number of hydrogen-bond acceptors (Lipinski definition) is 6. The van der Waals surface area contributed by atoms with Gasteiger partial charge in [-0.05, 0) is 27.4 Å². The van der Waals surface area contributed by atoms with Crippen molar-refractivity contribution in [1.82, 2.24) is 14.3 Å². The number of aromatic nitrogens is 2.